The molecule has 0 aliphatic rings. The third-order valence-corrected chi connectivity index (χ3v) is 3.86. The largest absolute Gasteiger partial charge is 0.316 e. The summed E-state index contributed by atoms with van der Waals surface area (Å²) in [5, 5.41) is 11.0. The maximum atomic E-state index is 6.04. The Balaban J connectivity index is 2.28. The van der Waals surface area contributed by atoms with Gasteiger partial charge in [0.1, 0.15) is 0 Å². The number of allylic oxidation sites excluding steroid dienone is 1. The van der Waals surface area contributed by atoms with Crippen LogP contribution in [0.5, 0.6) is 0 Å². The zero-order valence-electron chi connectivity index (χ0n) is 10.6. The molecular formula is C14H14ClN3S. The van der Waals surface area contributed by atoms with E-state index in [1.807, 2.05) is 42.6 Å². The normalized spacial score (nSPS) is 12.2. The molecule has 1 heterocycles. The maximum Gasteiger partial charge on any atom is 0.211 e. The number of thiazole rings is 1. The number of rotatable bonds is 4. The van der Waals surface area contributed by atoms with Gasteiger partial charge in [-0.1, -0.05) is 35.9 Å². The van der Waals surface area contributed by atoms with Crippen LogP contribution in [0.1, 0.15) is 11.3 Å². The molecule has 19 heavy (non-hydrogen) atoms. The van der Waals surface area contributed by atoms with Gasteiger partial charge >= 0.3 is 0 Å². The zero-order chi connectivity index (χ0) is 13.7. The molecule has 0 saturated heterocycles. The van der Waals surface area contributed by atoms with Gasteiger partial charge in [-0.25, -0.2) is 0 Å². The quantitative estimate of drug-likeness (QED) is 0.468. The molecule has 0 saturated carbocycles. The highest BCUT2D eigenvalue weighted by atomic mass is 35.5. The predicted octanol–water partition coefficient (Wildman–Crippen LogP) is 3.63. The lowest BCUT2D eigenvalue weighted by Crippen LogP contribution is -2.14. The van der Waals surface area contributed by atoms with E-state index in [0.29, 0.717) is 5.02 Å². The molecule has 0 spiro atoms. The highest BCUT2D eigenvalue weighted by Crippen LogP contribution is 2.12. The van der Waals surface area contributed by atoms with Crippen molar-refractivity contribution in [1.29, 1.82) is 0 Å². The molecule has 5 heteroatoms. The number of aryl methyl sites for hydroxylation is 1. The first-order valence-electron chi connectivity index (χ1n) is 5.80. The van der Waals surface area contributed by atoms with Gasteiger partial charge in [0.25, 0.3) is 0 Å². The number of hydrogen-bond acceptors (Lipinski definition) is 3. The van der Waals surface area contributed by atoms with Crippen LogP contribution in [0.25, 0.3) is 0 Å². The van der Waals surface area contributed by atoms with E-state index >= 15 is 0 Å². The third-order valence-electron chi connectivity index (χ3n) is 2.55. The highest BCUT2D eigenvalue weighted by Gasteiger charge is 1.98. The second-order valence-electron chi connectivity index (χ2n) is 3.93. The number of hydrogen-bond donors (Lipinski definition) is 0. The average Bonchev–Trinajstić information content (AvgIpc) is 2.74. The first-order chi connectivity index (χ1) is 9.22. The number of nitrogens with zero attached hydrogens (tertiary/aromatic N) is 3. The first-order valence-corrected chi connectivity index (χ1v) is 7.05. The average molecular weight is 292 g/mol. The molecule has 0 aliphatic carbocycles. The van der Waals surface area contributed by atoms with E-state index in [9.17, 15) is 0 Å². The zero-order valence-corrected chi connectivity index (χ0v) is 12.2. The number of benzene rings is 1. The highest BCUT2D eigenvalue weighted by molar-refractivity contribution is 7.07. The van der Waals surface area contributed by atoms with E-state index in [1.165, 1.54) is 0 Å². The SMILES string of the molecule is C=CCn1c(C)cs/c1=N/N=C\c1ccccc1Cl. The van der Waals surface area contributed by atoms with E-state index in [1.54, 1.807) is 17.6 Å². The van der Waals surface area contributed by atoms with Gasteiger partial charge in [0.2, 0.25) is 4.80 Å². The number of aromatic nitrogens is 1. The molecular weight excluding hydrogens is 278 g/mol. The minimum atomic E-state index is 0.669. The van der Waals surface area contributed by atoms with Crippen molar-refractivity contribution in [3.63, 3.8) is 0 Å². The molecule has 0 aliphatic heterocycles. The smallest absolute Gasteiger partial charge is 0.211 e. The van der Waals surface area contributed by atoms with Crippen LogP contribution in [0, 0.1) is 6.92 Å². The van der Waals surface area contributed by atoms with Crippen LogP contribution < -0.4 is 4.80 Å². The lowest BCUT2D eigenvalue weighted by Gasteiger charge is -1.99. The van der Waals surface area contributed by atoms with Crippen molar-refractivity contribution < 1.29 is 0 Å². The Morgan fingerprint density at radius 1 is 1.42 bits per heavy atom. The molecule has 3 nitrogen and oxygen atoms in total. The van der Waals surface area contributed by atoms with Gasteiger partial charge in [0.05, 0.1) is 6.21 Å². The predicted molar refractivity (Wildman–Crippen MR) is 81.9 cm³/mol. The first kappa shape index (κ1) is 13.8. The Hall–Kier alpha value is -1.65. The molecule has 98 valence electrons. The van der Waals surface area contributed by atoms with Crippen LogP contribution in [0.3, 0.4) is 0 Å². The van der Waals surface area contributed by atoms with Crippen molar-refractivity contribution in [2.24, 2.45) is 10.2 Å². The molecule has 0 fully saturated rings. The molecule has 0 bridgehead atoms. The van der Waals surface area contributed by atoms with Gasteiger partial charge < -0.3 is 4.57 Å². The van der Waals surface area contributed by atoms with Crippen molar-refractivity contribution in [2.75, 3.05) is 0 Å². The summed E-state index contributed by atoms with van der Waals surface area (Å²) >= 11 is 7.60. The van der Waals surface area contributed by atoms with Crippen molar-refractivity contribution in [3.05, 3.63) is 63.4 Å². The second-order valence-corrected chi connectivity index (χ2v) is 5.17. The Labute approximate surface area is 121 Å². The summed E-state index contributed by atoms with van der Waals surface area (Å²) < 4.78 is 2.06. The molecule has 0 atom stereocenters. The topological polar surface area (TPSA) is 29.6 Å². The van der Waals surface area contributed by atoms with Crippen LogP contribution in [0.15, 0.2) is 52.5 Å². The minimum absolute atomic E-state index is 0.669. The summed E-state index contributed by atoms with van der Waals surface area (Å²) in [6.45, 7) is 6.51. The summed E-state index contributed by atoms with van der Waals surface area (Å²) in [6, 6.07) is 7.53. The molecule has 2 aromatic rings. The maximum absolute atomic E-state index is 6.04. The molecule has 0 unspecified atom stereocenters. The van der Waals surface area contributed by atoms with Crippen molar-refractivity contribution in [3.8, 4) is 0 Å². The molecule has 0 amide bonds. The summed E-state index contributed by atoms with van der Waals surface area (Å²) in [6.07, 6.45) is 3.51. The fourth-order valence-electron chi connectivity index (χ4n) is 1.57. The lowest BCUT2D eigenvalue weighted by molar-refractivity contribution is 0.752. The van der Waals surface area contributed by atoms with Gasteiger partial charge in [-0.15, -0.1) is 23.0 Å². The van der Waals surface area contributed by atoms with Gasteiger partial charge in [-0.2, -0.15) is 5.10 Å². The van der Waals surface area contributed by atoms with Crippen molar-refractivity contribution in [1.82, 2.24) is 4.57 Å². The molecule has 0 N–H and O–H groups in total. The van der Waals surface area contributed by atoms with Crippen molar-refractivity contribution >= 4 is 29.2 Å². The van der Waals surface area contributed by atoms with E-state index in [2.05, 4.69) is 21.3 Å². The minimum Gasteiger partial charge on any atom is -0.316 e. The van der Waals surface area contributed by atoms with E-state index in [-0.39, 0.29) is 0 Å². The van der Waals surface area contributed by atoms with E-state index in [4.69, 9.17) is 11.6 Å². The fraction of sp³-hybridized carbons (Fsp3) is 0.143. The van der Waals surface area contributed by atoms with Gasteiger partial charge in [-0.3, -0.25) is 0 Å². The molecule has 1 aromatic heterocycles. The van der Waals surface area contributed by atoms with Gasteiger partial charge in [-0.05, 0) is 13.0 Å². The van der Waals surface area contributed by atoms with Crippen molar-refractivity contribution in [2.45, 2.75) is 13.5 Å². The Morgan fingerprint density at radius 2 is 2.21 bits per heavy atom. The molecule has 0 radical (unpaired) electrons. The molecule has 1 aromatic carbocycles. The second kappa shape index (κ2) is 6.50. The van der Waals surface area contributed by atoms with Crippen LogP contribution in [0.4, 0.5) is 0 Å². The lowest BCUT2D eigenvalue weighted by atomic mass is 10.2. The fourth-order valence-corrected chi connectivity index (χ4v) is 2.59. The van der Waals surface area contributed by atoms with Gasteiger partial charge in [0, 0.05) is 28.2 Å². The van der Waals surface area contributed by atoms with Crippen LogP contribution in [-0.4, -0.2) is 10.8 Å². The third kappa shape index (κ3) is 3.43. The Bertz CT molecular complexity index is 667. The van der Waals surface area contributed by atoms with E-state index in [0.717, 1.165) is 22.6 Å². The van der Waals surface area contributed by atoms with Crippen LogP contribution >= 0.6 is 22.9 Å². The summed E-state index contributed by atoms with van der Waals surface area (Å²) in [7, 11) is 0. The monoisotopic (exact) mass is 291 g/mol. The molecule has 2 rings (SSSR count). The summed E-state index contributed by atoms with van der Waals surface area (Å²) in [5.74, 6) is 0. The van der Waals surface area contributed by atoms with E-state index < -0.39 is 0 Å². The van der Waals surface area contributed by atoms with Gasteiger partial charge in [0.15, 0.2) is 0 Å². The number of halogens is 1. The Kier molecular flexibility index (Phi) is 4.71. The standard InChI is InChI=1S/C14H14ClN3S/c1-3-8-18-11(2)10-19-14(18)17-16-9-12-6-4-5-7-13(12)15/h3-7,9-10H,1,8H2,2H3/b16-9-,17-14+. The summed E-state index contributed by atoms with van der Waals surface area (Å²) in [4.78, 5) is 0.848. The Morgan fingerprint density at radius 3 is 2.95 bits per heavy atom. The van der Waals surface area contributed by atoms with Crippen LogP contribution in [-0.2, 0) is 6.54 Å². The van der Waals surface area contributed by atoms with Crippen LogP contribution in [0.2, 0.25) is 5.02 Å². The summed E-state index contributed by atoms with van der Waals surface area (Å²) in [5.41, 5.74) is 2.01.